The Balaban J connectivity index is 2.26. The molecule has 0 aromatic heterocycles. The number of primary amides is 1. The van der Waals surface area contributed by atoms with Crippen molar-refractivity contribution in [2.75, 3.05) is 0 Å². The van der Waals surface area contributed by atoms with Gasteiger partial charge in [-0.05, 0) is 24.8 Å². The molecule has 0 heterocycles. The molecule has 0 bridgehead atoms. The lowest BCUT2D eigenvalue weighted by molar-refractivity contribution is -0.347. The number of ether oxygens (including phenoxy) is 1. The van der Waals surface area contributed by atoms with Crippen molar-refractivity contribution in [2.45, 2.75) is 51.0 Å². The number of nitrogens with two attached hydrogens (primary N) is 1. The van der Waals surface area contributed by atoms with Crippen molar-refractivity contribution in [3.63, 3.8) is 0 Å². The third kappa shape index (κ3) is 4.22. The van der Waals surface area contributed by atoms with Crippen molar-refractivity contribution in [3.8, 4) is 0 Å². The first-order chi connectivity index (χ1) is 10.3. The van der Waals surface area contributed by atoms with Gasteiger partial charge in [0.05, 0.1) is 11.5 Å². The largest absolute Gasteiger partial charge is 0.523 e. The van der Waals surface area contributed by atoms with Gasteiger partial charge < -0.3 is 5.73 Å². The smallest absolute Gasteiger partial charge is 0.369 e. The van der Waals surface area contributed by atoms with Crippen LogP contribution in [-0.2, 0) is 9.53 Å². The Morgan fingerprint density at radius 3 is 2.27 bits per heavy atom. The topological polar surface area (TPSA) is 52.3 Å². The minimum absolute atomic E-state index is 0.0359. The van der Waals surface area contributed by atoms with Crippen molar-refractivity contribution in [2.24, 2.45) is 11.1 Å². The van der Waals surface area contributed by atoms with Crippen molar-refractivity contribution >= 4 is 5.91 Å². The first-order valence-electron chi connectivity index (χ1n) is 7.42. The third-order valence-electron chi connectivity index (χ3n) is 4.36. The Morgan fingerprint density at radius 1 is 1.18 bits per heavy atom. The van der Waals surface area contributed by atoms with E-state index >= 15 is 0 Å². The van der Waals surface area contributed by atoms with Gasteiger partial charge in [-0.1, -0.05) is 49.6 Å². The predicted molar refractivity (Wildman–Crippen MR) is 75.7 cm³/mol. The van der Waals surface area contributed by atoms with Crippen molar-refractivity contribution in [1.29, 1.82) is 0 Å². The molecule has 1 aromatic carbocycles. The van der Waals surface area contributed by atoms with Gasteiger partial charge in [-0.15, -0.1) is 13.2 Å². The summed E-state index contributed by atoms with van der Waals surface area (Å²) in [5, 5.41) is 0. The molecule has 1 saturated carbocycles. The molecule has 1 fully saturated rings. The van der Waals surface area contributed by atoms with Gasteiger partial charge in [-0.25, -0.2) is 0 Å². The Hall–Kier alpha value is -1.56. The van der Waals surface area contributed by atoms with Gasteiger partial charge in [-0.3, -0.25) is 9.53 Å². The number of hydrogen-bond donors (Lipinski definition) is 1. The fourth-order valence-corrected chi connectivity index (χ4v) is 3.19. The van der Waals surface area contributed by atoms with Crippen molar-refractivity contribution < 1.29 is 22.7 Å². The maximum Gasteiger partial charge on any atom is 0.523 e. The van der Waals surface area contributed by atoms with Crippen LogP contribution in [0, 0.1) is 5.41 Å². The molecule has 6 heteroatoms. The molecule has 0 radical (unpaired) electrons. The second-order valence-corrected chi connectivity index (χ2v) is 5.87. The van der Waals surface area contributed by atoms with E-state index in [1.165, 1.54) is 0 Å². The lowest BCUT2D eigenvalue weighted by Crippen LogP contribution is -2.41. The zero-order valence-corrected chi connectivity index (χ0v) is 12.2. The van der Waals surface area contributed by atoms with E-state index in [4.69, 9.17) is 5.73 Å². The molecule has 1 aliphatic carbocycles. The van der Waals surface area contributed by atoms with Gasteiger partial charge in [0.25, 0.3) is 0 Å². The summed E-state index contributed by atoms with van der Waals surface area (Å²) < 4.78 is 42.5. The highest BCUT2D eigenvalue weighted by Crippen LogP contribution is 2.45. The Kier molecular flexibility index (Phi) is 5.11. The molecule has 1 aliphatic rings. The summed E-state index contributed by atoms with van der Waals surface area (Å²) in [6.45, 7) is 0. The van der Waals surface area contributed by atoms with Crippen LogP contribution in [0.5, 0.6) is 0 Å². The minimum Gasteiger partial charge on any atom is -0.369 e. The van der Waals surface area contributed by atoms with Crippen LogP contribution in [0.25, 0.3) is 0 Å². The number of carbonyl (C=O) groups is 1. The highest BCUT2D eigenvalue weighted by atomic mass is 19.4. The second-order valence-electron chi connectivity index (χ2n) is 5.87. The Morgan fingerprint density at radius 2 is 1.77 bits per heavy atom. The summed E-state index contributed by atoms with van der Waals surface area (Å²) in [5.41, 5.74) is 5.01. The van der Waals surface area contributed by atoms with Gasteiger partial charge in [0.2, 0.25) is 5.91 Å². The van der Waals surface area contributed by atoms with E-state index in [9.17, 15) is 18.0 Å². The average molecular weight is 315 g/mol. The summed E-state index contributed by atoms with van der Waals surface area (Å²) in [4.78, 5) is 11.9. The van der Waals surface area contributed by atoms with Crippen molar-refractivity contribution in [1.82, 2.24) is 0 Å². The second kappa shape index (κ2) is 6.69. The van der Waals surface area contributed by atoms with Crippen LogP contribution < -0.4 is 5.73 Å². The number of halogens is 3. The fraction of sp³-hybridized carbons (Fsp3) is 0.562. The van der Waals surface area contributed by atoms with E-state index in [1.807, 2.05) is 0 Å². The van der Waals surface area contributed by atoms with Crippen LogP contribution >= 0.6 is 0 Å². The minimum atomic E-state index is -4.76. The number of amides is 1. The first-order valence-corrected chi connectivity index (χ1v) is 7.42. The van der Waals surface area contributed by atoms with E-state index in [0.29, 0.717) is 18.4 Å². The predicted octanol–water partition coefficient (Wildman–Crippen LogP) is 4.09. The normalized spacial score (nSPS) is 19.6. The lowest BCUT2D eigenvalue weighted by atomic mass is 9.69. The number of benzene rings is 1. The van der Waals surface area contributed by atoms with Crippen LogP contribution in [-0.4, -0.2) is 12.3 Å². The van der Waals surface area contributed by atoms with E-state index in [0.717, 1.165) is 19.3 Å². The molecule has 0 aliphatic heterocycles. The molecule has 1 atom stereocenters. The highest BCUT2D eigenvalue weighted by Gasteiger charge is 2.43. The van der Waals surface area contributed by atoms with Crippen LogP contribution in [0.3, 0.4) is 0 Å². The molecule has 0 spiro atoms. The molecular formula is C16H20F3NO2. The zero-order chi connectivity index (χ0) is 16.2. The SMILES string of the molecule is NC(=O)C1(CC(OC(F)(F)F)c2ccccc2)CCCCC1. The monoisotopic (exact) mass is 315 g/mol. The van der Waals surface area contributed by atoms with Crippen molar-refractivity contribution in [3.05, 3.63) is 35.9 Å². The van der Waals surface area contributed by atoms with Crippen LogP contribution in [0.2, 0.25) is 0 Å². The van der Waals surface area contributed by atoms with Crippen LogP contribution in [0.4, 0.5) is 13.2 Å². The van der Waals surface area contributed by atoms with E-state index in [1.54, 1.807) is 30.3 Å². The van der Waals surface area contributed by atoms with Gasteiger partial charge >= 0.3 is 6.36 Å². The maximum atomic E-state index is 12.7. The Bertz CT molecular complexity index is 496. The quantitative estimate of drug-likeness (QED) is 0.889. The van der Waals surface area contributed by atoms with E-state index in [-0.39, 0.29) is 6.42 Å². The molecule has 3 nitrogen and oxygen atoms in total. The van der Waals surface area contributed by atoms with E-state index in [2.05, 4.69) is 4.74 Å². The molecule has 2 rings (SSSR count). The summed E-state index contributed by atoms with van der Waals surface area (Å²) in [7, 11) is 0. The molecule has 1 amide bonds. The van der Waals surface area contributed by atoms with Gasteiger partial charge in [0, 0.05) is 0 Å². The molecule has 1 unspecified atom stereocenters. The highest BCUT2D eigenvalue weighted by molar-refractivity contribution is 5.81. The summed E-state index contributed by atoms with van der Waals surface area (Å²) >= 11 is 0. The molecular weight excluding hydrogens is 295 g/mol. The maximum absolute atomic E-state index is 12.7. The molecule has 122 valence electrons. The van der Waals surface area contributed by atoms with Crippen LogP contribution in [0.1, 0.15) is 50.2 Å². The molecule has 0 saturated heterocycles. The van der Waals surface area contributed by atoms with Gasteiger partial charge in [0.15, 0.2) is 0 Å². The number of hydrogen-bond acceptors (Lipinski definition) is 2. The third-order valence-corrected chi connectivity index (χ3v) is 4.36. The van der Waals surface area contributed by atoms with E-state index < -0.39 is 23.8 Å². The lowest BCUT2D eigenvalue weighted by Gasteiger charge is -2.37. The summed E-state index contributed by atoms with van der Waals surface area (Å²) in [6, 6.07) is 8.18. The molecule has 22 heavy (non-hydrogen) atoms. The fourth-order valence-electron chi connectivity index (χ4n) is 3.19. The first kappa shape index (κ1) is 16.8. The zero-order valence-electron chi connectivity index (χ0n) is 12.2. The van der Waals surface area contributed by atoms with Crippen LogP contribution in [0.15, 0.2) is 30.3 Å². The number of carbonyl (C=O) groups excluding carboxylic acids is 1. The summed E-state index contributed by atoms with van der Waals surface area (Å²) in [6.07, 6.45) is -2.38. The molecule has 2 N–H and O–H groups in total. The number of alkyl halides is 3. The van der Waals surface area contributed by atoms with Gasteiger partial charge in [0.1, 0.15) is 0 Å². The summed E-state index contributed by atoms with van der Waals surface area (Å²) in [5.74, 6) is -0.529. The Labute approximate surface area is 127 Å². The number of rotatable bonds is 5. The standard InChI is InChI=1S/C16H20F3NO2/c17-16(18,19)22-13(12-7-3-1-4-8-12)11-15(14(20)21)9-5-2-6-10-15/h1,3-4,7-8,13H,2,5-6,9-11H2,(H2,20,21). The van der Waals surface area contributed by atoms with Gasteiger partial charge in [-0.2, -0.15) is 0 Å². The molecule has 1 aromatic rings. The average Bonchev–Trinajstić information content (AvgIpc) is 2.47.